The van der Waals surface area contributed by atoms with Gasteiger partial charge in [0.25, 0.3) is 0 Å². The number of rotatable bonds is 8. The molecular weight excluding hydrogens is 469 g/mol. The Morgan fingerprint density at radius 1 is 1.11 bits per heavy atom. The summed E-state index contributed by atoms with van der Waals surface area (Å²) in [5.41, 5.74) is 2.41. The Hall–Kier alpha value is -1.55. The lowest BCUT2D eigenvalue weighted by atomic mass is 10.2. The maximum atomic E-state index is 11.6. The molecule has 156 valence electrons. The van der Waals surface area contributed by atoms with Crippen LogP contribution in [0, 0.1) is 5.92 Å². The minimum atomic E-state index is 0. The molecule has 0 atom stereocenters. The standard InChI is InChI=1S/C20H31N5O2.HI/c1-2-21-20(23-10-9-22-19(26)17-5-6-17)24-15-16-3-7-18(8-4-16)25-11-13-27-14-12-25;/h3-4,7-8,17H,2,5-6,9-15H2,1H3,(H,22,26)(H2,21,23,24);1H. The van der Waals surface area contributed by atoms with Gasteiger partial charge in [-0.2, -0.15) is 0 Å². The Balaban J connectivity index is 0.00000280. The van der Waals surface area contributed by atoms with E-state index in [1.165, 1.54) is 11.3 Å². The van der Waals surface area contributed by atoms with E-state index in [0.717, 1.165) is 51.6 Å². The van der Waals surface area contributed by atoms with E-state index in [9.17, 15) is 4.79 Å². The Morgan fingerprint density at radius 2 is 1.79 bits per heavy atom. The number of carbonyl (C=O) groups is 1. The number of morpholine rings is 1. The van der Waals surface area contributed by atoms with Gasteiger partial charge in [-0.25, -0.2) is 4.99 Å². The summed E-state index contributed by atoms with van der Waals surface area (Å²) in [6.45, 7) is 8.24. The fraction of sp³-hybridized carbons (Fsp3) is 0.600. The van der Waals surface area contributed by atoms with E-state index in [1.807, 2.05) is 6.92 Å². The number of halogens is 1. The summed E-state index contributed by atoms with van der Waals surface area (Å²) >= 11 is 0. The van der Waals surface area contributed by atoms with Crippen LogP contribution in [-0.4, -0.2) is 57.8 Å². The van der Waals surface area contributed by atoms with Crippen LogP contribution in [0.2, 0.25) is 0 Å². The summed E-state index contributed by atoms with van der Waals surface area (Å²) in [6.07, 6.45) is 2.07. The number of ether oxygens (including phenoxy) is 1. The number of anilines is 1. The number of hydrogen-bond donors (Lipinski definition) is 3. The van der Waals surface area contributed by atoms with E-state index in [2.05, 4.69) is 50.1 Å². The van der Waals surface area contributed by atoms with E-state index in [0.29, 0.717) is 19.6 Å². The molecule has 7 nitrogen and oxygen atoms in total. The second kappa shape index (κ2) is 12.1. The van der Waals surface area contributed by atoms with Crippen molar-refractivity contribution in [3.63, 3.8) is 0 Å². The van der Waals surface area contributed by atoms with Crippen LogP contribution >= 0.6 is 24.0 Å². The lowest BCUT2D eigenvalue weighted by Gasteiger charge is -2.28. The van der Waals surface area contributed by atoms with Crippen LogP contribution in [0.5, 0.6) is 0 Å². The number of benzene rings is 1. The summed E-state index contributed by atoms with van der Waals surface area (Å²) < 4.78 is 5.40. The highest BCUT2D eigenvalue weighted by atomic mass is 127. The molecule has 1 saturated carbocycles. The lowest BCUT2D eigenvalue weighted by molar-refractivity contribution is -0.122. The van der Waals surface area contributed by atoms with E-state index < -0.39 is 0 Å². The van der Waals surface area contributed by atoms with Gasteiger partial charge < -0.3 is 25.6 Å². The van der Waals surface area contributed by atoms with Gasteiger partial charge in [0.1, 0.15) is 0 Å². The van der Waals surface area contributed by atoms with Gasteiger partial charge in [-0.3, -0.25) is 4.79 Å². The van der Waals surface area contributed by atoms with Gasteiger partial charge in [-0.1, -0.05) is 12.1 Å². The van der Waals surface area contributed by atoms with Crippen LogP contribution in [0.1, 0.15) is 25.3 Å². The molecule has 0 radical (unpaired) electrons. The van der Waals surface area contributed by atoms with Gasteiger partial charge >= 0.3 is 0 Å². The fourth-order valence-electron chi connectivity index (χ4n) is 3.00. The van der Waals surface area contributed by atoms with Crippen molar-refractivity contribution >= 4 is 41.5 Å². The Labute approximate surface area is 184 Å². The zero-order valence-electron chi connectivity index (χ0n) is 16.6. The molecule has 1 amide bonds. The summed E-state index contributed by atoms with van der Waals surface area (Å²) in [7, 11) is 0. The first-order valence-electron chi connectivity index (χ1n) is 9.98. The zero-order chi connectivity index (χ0) is 18.9. The number of hydrogen-bond acceptors (Lipinski definition) is 4. The molecule has 28 heavy (non-hydrogen) atoms. The number of aliphatic imine (C=N–C) groups is 1. The Bertz CT molecular complexity index is 628. The van der Waals surface area contributed by atoms with Crippen LogP contribution in [0.4, 0.5) is 5.69 Å². The molecule has 8 heteroatoms. The predicted molar refractivity (Wildman–Crippen MR) is 123 cm³/mol. The number of nitrogens with one attached hydrogen (secondary N) is 3. The normalized spacial score (nSPS) is 16.9. The molecule has 1 heterocycles. The molecule has 2 fully saturated rings. The van der Waals surface area contributed by atoms with Crippen molar-refractivity contribution in [3.05, 3.63) is 29.8 Å². The van der Waals surface area contributed by atoms with Crippen LogP contribution in [0.25, 0.3) is 0 Å². The van der Waals surface area contributed by atoms with Crippen LogP contribution in [0.15, 0.2) is 29.3 Å². The second-order valence-corrected chi connectivity index (χ2v) is 6.95. The topological polar surface area (TPSA) is 78.0 Å². The lowest BCUT2D eigenvalue weighted by Crippen LogP contribution is -2.41. The van der Waals surface area contributed by atoms with Crippen molar-refractivity contribution < 1.29 is 9.53 Å². The molecule has 1 aromatic carbocycles. The third-order valence-electron chi connectivity index (χ3n) is 4.74. The van der Waals surface area contributed by atoms with E-state index >= 15 is 0 Å². The molecule has 1 aliphatic heterocycles. The zero-order valence-corrected chi connectivity index (χ0v) is 18.9. The molecule has 3 N–H and O–H groups in total. The first-order chi connectivity index (χ1) is 13.3. The molecule has 0 unspecified atom stereocenters. The summed E-state index contributed by atoms with van der Waals surface area (Å²) in [4.78, 5) is 18.6. The quantitative estimate of drug-likeness (QED) is 0.219. The molecule has 1 aromatic rings. The number of guanidine groups is 1. The Kier molecular flexibility index (Phi) is 9.83. The smallest absolute Gasteiger partial charge is 0.223 e. The van der Waals surface area contributed by atoms with Gasteiger partial charge in [0.05, 0.1) is 19.8 Å². The third kappa shape index (κ3) is 7.46. The minimum absolute atomic E-state index is 0. The first kappa shape index (κ1) is 22.7. The van der Waals surface area contributed by atoms with Gasteiger partial charge in [0.15, 0.2) is 5.96 Å². The highest BCUT2D eigenvalue weighted by Gasteiger charge is 2.28. The second-order valence-electron chi connectivity index (χ2n) is 6.95. The average molecular weight is 501 g/mol. The van der Waals surface area contributed by atoms with Crippen molar-refractivity contribution in [2.75, 3.05) is 50.8 Å². The largest absolute Gasteiger partial charge is 0.378 e. The van der Waals surface area contributed by atoms with Gasteiger partial charge in [0, 0.05) is 44.3 Å². The monoisotopic (exact) mass is 501 g/mol. The predicted octanol–water partition coefficient (Wildman–Crippen LogP) is 1.72. The molecular formula is C20H32IN5O2. The number of carbonyl (C=O) groups excluding carboxylic acids is 1. The van der Waals surface area contributed by atoms with Gasteiger partial charge in [0.2, 0.25) is 5.91 Å². The molecule has 1 aliphatic carbocycles. The van der Waals surface area contributed by atoms with Crippen molar-refractivity contribution in [3.8, 4) is 0 Å². The minimum Gasteiger partial charge on any atom is -0.378 e. The van der Waals surface area contributed by atoms with Crippen LogP contribution < -0.4 is 20.9 Å². The molecule has 0 spiro atoms. The molecule has 2 aliphatic rings. The third-order valence-corrected chi connectivity index (χ3v) is 4.74. The molecule has 1 saturated heterocycles. The SMILES string of the molecule is CCNC(=NCc1ccc(N2CCOCC2)cc1)NCCNC(=O)C1CC1.I. The van der Waals surface area contributed by atoms with Crippen LogP contribution in [0.3, 0.4) is 0 Å². The summed E-state index contributed by atoms with van der Waals surface area (Å²) in [6, 6.07) is 8.58. The van der Waals surface area contributed by atoms with E-state index in [1.54, 1.807) is 0 Å². The highest BCUT2D eigenvalue weighted by molar-refractivity contribution is 14.0. The van der Waals surface area contributed by atoms with Crippen molar-refractivity contribution in [1.82, 2.24) is 16.0 Å². The van der Waals surface area contributed by atoms with E-state index in [-0.39, 0.29) is 35.8 Å². The van der Waals surface area contributed by atoms with Gasteiger partial charge in [-0.15, -0.1) is 24.0 Å². The Morgan fingerprint density at radius 3 is 2.43 bits per heavy atom. The van der Waals surface area contributed by atoms with Crippen molar-refractivity contribution in [2.45, 2.75) is 26.3 Å². The maximum absolute atomic E-state index is 11.6. The molecule has 3 rings (SSSR count). The average Bonchev–Trinajstić information content (AvgIpc) is 3.55. The van der Waals surface area contributed by atoms with Crippen molar-refractivity contribution in [2.24, 2.45) is 10.9 Å². The number of amides is 1. The maximum Gasteiger partial charge on any atom is 0.223 e. The van der Waals surface area contributed by atoms with Gasteiger partial charge in [-0.05, 0) is 37.5 Å². The van der Waals surface area contributed by atoms with Crippen molar-refractivity contribution in [1.29, 1.82) is 0 Å². The summed E-state index contributed by atoms with van der Waals surface area (Å²) in [5.74, 6) is 1.21. The van der Waals surface area contributed by atoms with Crippen LogP contribution in [-0.2, 0) is 16.1 Å². The summed E-state index contributed by atoms with van der Waals surface area (Å²) in [5, 5.41) is 9.47. The van der Waals surface area contributed by atoms with E-state index in [4.69, 9.17) is 4.74 Å². The fourth-order valence-corrected chi connectivity index (χ4v) is 3.00. The number of nitrogens with zero attached hydrogens (tertiary/aromatic N) is 2. The molecule has 0 aromatic heterocycles. The highest BCUT2D eigenvalue weighted by Crippen LogP contribution is 2.28. The first-order valence-corrected chi connectivity index (χ1v) is 9.98. The molecule has 0 bridgehead atoms.